The highest BCUT2D eigenvalue weighted by atomic mass is 32.2. The third-order valence-corrected chi connectivity index (χ3v) is 7.11. The highest BCUT2D eigenvalue weighted by Gasteiger charge is 2.35. The molecule has 2 aliphatic rings. The van der Waals surface area contributed by atoms with Gasteiger partial charge in [0.25, 0.3) is 0 Å². The van der Waals surface area contributed by atoms with Gasteiger partial charge in [-0.15, -0.1) is 11.3 Å². The molecule has 0 radical (unpaired) electrons. The molecule has 0 saturated heterocycles. The van der Waals surface area contributed by atoms with Crippen molar-refractivity contribution in [3.63, 3.8) is 0 Å². The van der Waals surface area contributed by atoms with Crippen LogP contribution in [0.2, 0.25) is 0 Å². The van der Waals surface area contributed by atoms with Gasteiger partial charge in [-0.25, -0.2) is 0 Å². The molecule has 1 aromatic heterocycles. The number of hydrogen-bond acceptors (Lipinski definition) is 4. The van der Waals surface area contributed by atoms with Crippen LogP contribution in [0.25, 0.3) is 0 Å². The summed E-state index contributed by atoms with van der Waals surface area (Å²) in [7, 11) is 0. The van der Waals surface area contributed by atoms with Crippen LogP contribution in [0, 0.1) is 12.8 Å². The van der Waals surface area contributed by atoms with Gasteiger partial charge in [-0.1, -0.05) is 24.4 Å². The number of aryl methyl sites for hydroxylation is 1. The molecule has 0 aromatic carbocycles. The number of thioether (sulfide) groups is 1. The van der Waals surface area contributed by atoms with E-state index in [0.717, 1.165) is 23.8 Å². The van der Waals surface area contributed by atoms with Crippen LogP contribution in [-0.2, 0) is 4.84 Å². The maximum absolute atomic E-state index is 5.80. The molecule has 1 saturated carbocycles. The van der Waals surface area contributed by atoms with Gasteiger partial charge in [0.1, 0.15) is 11.3 Å². The first-order valence-corrected chi connectivity index (χ1v) is 10.1. The molecule has 3 rings (SSSR count). The Morgan fingerprint density at radius 2 is 2.19 bits per heavy atom. The van der Waals surface area contributed by atoms with Crippen LogP contribution in [0.4, 0.5) is 0 Å². The predicted octanol–water partition coefficient (Wildman–Crippen LogP) is 5.25. The molecule has 116 valence electrons. The summed E-state index contributed by atoms with van der Waals surface area (Å²) in [5.74, 6) is 3.29. The van der Waals surface area contributed by atoms with Crippen LogP contribution in [0.15, 0.2) is 16.6 Å². The second kappa shape index (κ2) is 6.74. The fourth-order valence-electron chi connectivity index (χ4n) is 3.25. The zero-order valence-corrected chi connectivity index (χ0v) is 14.7. The molecule has 1 unspecified atom stereocenters. The van der Waals surface area contributed by atoms with Crippen LogP contribution < -0.4 is 0 Å². The Hall–Kier alpha value is -0.480. The third-order valence-electron chi connectivity index (χ3n) is 4.53. The van der Waals surface area contributed by atoms with Gasteiger partial charge in [-0.05, 0) is 55.4 Å². The Balaban J connectivity index is 1.47. The first-order chi connectivity index (χ1) is 10.2. The van der Waals surface area contributed by atoms with E-state index >= 15 is 0 Å². The lowest BCUT2D eigenvalue weighted by Crippen LogP contribution is -2.28. The van der Waals surface area contributed by atoms with Crippen molar-refractivity contribution in [3.8, 4) is 0 Å². The summed E-state index contributed by atoms with van der Waals surface area (Å²) in [6.45, 7) is 4.36. The highest BCUT2D eigenvalue weighted by molar-refractivity contribution is 7.99. The molecule has 0 bridgehead atoms. The van der Waals surface area contributed by atoms with Crippen molar-refractivity contribution in [1.82, 2.24) is 0 Å². The second-order valence-electron chi connectivity index (χ2n) is 6.71. The zero-order valence-electron chi connectivity index (χ0n) is 13.1. The molecule has 0 amide bonds. The largest absolute Gasteiger partial charge is 0.388 e. The van der Waals surface area contributed by atoms with Gasteiger partial charge >= 0.3 is 0 Å². The summed E-state index contributed by atoms with van der Waals surface area (Å²) in [5, 5.41) is 6.51. The molecule has 1 atom stereocenters. The number of nitrogens with zero attached hydrogens (tertiary/aromatic N) is 1. The molecule has 1 aliphatic heterocycles. The third kappa shape index (κ3) is 3.84. The van der Waals surface area contributed by atoms with Crippen LogP contribution in [0.1, 0.15) is 55.9 Å². The Bertz CT molecular complexity index is 505. The van der Waals surface area contributed by atoms with E-state index in [9.17, 15) is 0 Å². The lowest BCUT2D eigenvalue weighted by Gasteiger charge is -2.24. The zero-order chi connectivity index (χ0) is 14.7. The molecule has 2 nitrogen and oxygen atoms in total. The molecule has 21 heavy (non-hydrogen) atoms. The maximum atomic E-state index is 5.80. The Kier molecular flexibility index (Phi) is 4.95. The van der Waals surface area contributed by atoms with E-state index in [0.29, 0.717) is 0 Å². The summed E-state index contributed by atoms with van der Waals surface area (Å²) < 4.78 is 0. The van der Waals surface area contributed by atoms with E-state index in [-0.39, 0.29) is 5.60 Å². The number of hydrogen-bond donors (Lipinski definition) is 0. The Morgan fingerprint density at radius 3 is 2.90 bits per heavy atom. The summed E-state index contributed by atoms with van der Waals surface area (Å²) >= 11 is 3.84. The molecule has 1 aliphatic carbocycles. The predicted molar refractivity (Wildman–Crippen MR) is 93.6 cm³/mol. The number of thiophene rings is 1. The standard InChI is InChI=1S/C17H25NOS2/c1-13-8-9-21-16(13)15-10-17(2,19-18-15)12-20-11-14-6-4-3-5-7-14/h8-9,14H,3-7,10-12H2,1-2H3. The monoisotopic (exact) mass is 323 g/mol. The van der Waals surface area contributed by atoms with Gasteiger partial charge in [-0.3, -0.25) is 0 Å². The molecule has 1 fully saturated rings. The van der Waals surface area contributed by atoms with Crippen LogP contribution in [0.5, 0.6) is 0 Å². The SMILES string of the molecule is Cc1ccsc1C1=NOC(C)(CSCC2CCCCC2)C1. The van der Waals surface area contributed by atoms with E-state index in [1.165, 1.54) is 48.3 Å². The molecule has 1 aromatic rings. The van der Waals surface area contributed by atoms with E-state index in [1.807, 2.05) is 0 Å². The lowest BCUT2D eigenvalue weighted by molar-refractivity contribution is 0.0163. The summed E-state index contributed by atoms with van der Waals surface area (Å²) in [6.07, 6.45) is 8.13. The minimum Gasteiger partial charge on any atom is -0.388 e. The smallest absolute Gasteiger partial charge is 0.149 e. The number of rotatable bonds is 5. The Labute approximate surface area is 136 Å². The molecule has 4 heteroatoms. The quantitative estimate of drug-likeness (QED) is 0.738. The van der Waals surface area contributed by atoms with Crippen molar-refractivity contribution < 1.29 is 4.84 Å². The van der Waals surface area contributed by atoms with Gasteiger partial charge in [0.05, 0.1) is 4.88 Å². The van der Waals surface area contributed by atoms with Crippen molar-refractivity contribution in [2.24, 2.45) is 11.1 Å². The van der Waals surface area contributed by atoms with Crippen molar-refractivity contribution in [3.05, 3.63) is 21.9 Å². The lowest BCUT2D eigenvalue weighted by atomic mass is 9.91. The van der Waals surface area contributed by atoms with E-state index in [4.69, 9.17) is 4.84 Å². The fraction of sp³-hybridized carbons (Fsp3) is 0.706. The minimum atomic E-state index is -0.106. The van der Waals surface area contributed by atoms with Crippen molar-refractivity contribution in [2.75, 3.05) is 11.5 Å². The van der Waals surface area contributed by atoms with E-state index in [1.54, 1.807) is 11.3 Å². The normalized spacial score (nSPS) is 26.7. The minimum absolute atomic E-state index is 0.106. The first kappa shape index (κ1) is 15.4. The number of oxime groups is 1. The summed E-state index contributed by atoms with van der Waals surface area (Å²) in [4.78, 5) is 7.10. The van der Waals surface area contributed by atoms with Gasteiger partial charge in [0, 0.05) is 12.2 Å². The fourth-order valence-corrected chi connectivity index (χ4v) is 5.53. The molecular weight excluding hydrogens is 298 g/mol. The van der Waals surface area contributed by atoms with Gasteiger partial charge < -0.3 is 4.84 Å². The molecule has 2 heterocycles. The van der Waals surface area contributed by atoms with E-state index in [2.05, 4.69) is 42.2 Å². The highest BCUT2D eigenvalue weighted by Crippen LogP contribution is 2.34. The van der Waals surface area contributed by atoms with E-state index < -0.39 is 0 Å². The van der Waals surface area contributed by atoms with Crippen LogP contribution in [0.3, 0.4) is 0 Å². The average molecular weight is 324 g/mol. The molecule has 0 spiro atoms. The first-order valence-electron chi connectivity index (χ1n) is 8.03. The van der Waals surface area contributed by atoms with Gasteiger partial charge in [-0.2, -0.15) is 11.8 Å². The van der Waals surface area contributed by atoms with Gasteiger partial charge in [0.15, 0.2) is 0 Å². The average Bonchev–Trinajstić information content (AvgIpc) is 3.06. The van der Waals surface area contributed by atoms with Crippen molar-refractivity contribution in [2.45, 2.75) is 58.0 Å². The second-order valence-corrected chi connectivity index (χ2v) is 8.65. The van der Waals surface area contributed by atoms with Crippen molar-refractivity contribution >= 4 is 28.8 Å². The maximum Gasteiger partial charge on any atom is 0.149 e. The van der Waals surface area contributed by atoms with Gasteiger partial charge in [0.2, 0.25) is 0 Å². The Morgan fingerprint density at radius 1 is 1.38 bits per heavy atom. The molecular formula is C17H25NOS2. The van der Waals surface area contributed by atoms with Crippen LogP contribution in [-0.4, -0.2) is 22.8 Å². The topological polar surface area (TPSA) is 21.6 Å². The van der Waals surface area contributed by atoms with Crippen molar-refractivity contribution in [1.29, 1.82) is 0 Å². The molecule has 0 N–H and O–H groups in total. The van der Waals surface area contributed by atoms with Crippen LogP contribution >= 0.6 is 23.1 Å². The summed E-state index contributed by atoms with van der Waals surface area (Å²) in [5.41, 5.74) is 2.36. The summed E-state index contributed by atoms with van der Waals surface area (Å²) in [6, 6.07) is 2.16.